The Labute approximate surface area is 171 Å². The molecule has 29 heavy (non-hydrogen) atoms. The predicted octanol–water partition coefficient (Wildman–Crippen LogP) is 4.46. The minimum Gasteiger partial charge on any atom is -0.493 e. The van der Waals surface area contributed by atoms with Gasteiger partial charge in [0.15, 0.2) is 11.5 Å². The number of nitrogens with zero attached hydrogens (tertiary/aromatic N) is 1. The van der Waals surface area contributed by atoms with E-state index in [4.69, 9.17) is 19.2 Å². The number of nitrogens with one attached hydrogen (secondary N) is 1. The summed E-state index contributed by atoms with van der Waals surface area (Å²) in [7, 11) is 1.48. The number of aromatic nitrogens is 2. The highest BCUT2D eigenvalue weighted by atomic mass is 32.1. The number of methoxy groups -OCH3 is 1. The van der Waals surface area contributed by atoms with Crippen LogP contribution in [0, 0.1) is 0 Å². The van der Waals surface area contributed by atoms with Gasteiger partial charge in [-0.05, 0) is 56.4 Å². The first-order valence-electron chi connectivity index (χ1n) is 9.68. The lowest BCUT2D eigenvalue weighted by Gasteiger charge is -2.10. The number of fused-ring (bicyclic) bond motifs is 3. The van der Waals surface area contributed by atoms with Gasteiger partial charge in [0.2, 0.25) is 0 Å². The molecule has 152 valence electrons. The van der Waals surface area contributed by atoms with E-state index in [0.29, 0.717) is 17.1 Å². The molecule has 0 aliphatic heterocycles. The Morgan fingerprint density at radius 2 is 2.03 bits per heavy atom. The molecule has 2 heterocycles. The third-order valence-electron chi connectivity index (χ3n) is 4.97. The van der Waals surface area contributed by atoms with Crippen LogP contribution in [0.25, 0.3) is 21.6 Å². The zero-order chi connectivity index (χ0) is 20.4. The topological polar surface area (TPSA) is 90.5 Å². The number of ether oxygens (including phenoxy) is 3. The Balaban J connectivity index is 1.73. The largest absolute Gasteiger partial charge is 0.513 e. The second kappa shape index (κ2) is 8.24. The van der Waals surface area contributed by atoms with Crippen LogP contribution in [0.3, 0.4) is 0 Å². The highest BCUT2D eigenvalue weighted by Crippen LogP contribution is 2.35. The lowest BCUT2D eigenvalue weighted by Crippen LogP contribution is -2.11. The fourth-order valence-electron chi connectivity index (χ4n) is 3.61. The summed E-state index contributed by atoms with van der Waals surface area (Å²) in [5.41, 5.74) is 1.72. The van der Waals surface area contributed by atoms with Gasteiger partial charge in [0.05, 0.1) is 19.1 Å². The third kappa shape index (κ3) is 3.85. The Hall–Kier alpha value is -2.87. The molecule has 7 nitrogen and oxygen atoms in total. The van der Waals surface area contributed by atoms with Crippen LogP contribution in [0.5, 0.6) is 11.5 Å². The SMILES string of the molecule is CCOC(=O)Oc1ccc(-c2nc3sc4c(c3c(=O)[nH]2)CCCCC4)cc1OC. The molecule has 0 fully saturated rings. The monoisotopic (exact) mass is 414 g/mol. The van der Waals surface area contributed by atoms with Crippen molar-refractivity contribution in [3.05, 3.63) is 39.0 Å². The zero-order valence-electron chi connectivity index (χ0n) is 16.4. The first-order valence-corrected chi connectivity index (χ1v) is 10.5. The summed E-state index contributed by atoms with van der Waals surface area (Å²) >= 11 is 1.61. The maximum atomic E-state index is 12.9. The highest BCUT2D eigenvalue weighted by molar-refractivity contribution is 7.18. The van der Waals surface area contributed by atoms with Crippen molar-refractivity contribution < 1.29 is 19.0 Å². The molecule has 0 radical (unpaired) electrons. The molecule has 0 saturated carbocycles. The first kappa shape index (κ1) is 19.4. The number of carbonyl (C=O) groups excluding carboxylic acids is 1. The second-order valence-corrected chi connectivity index (χ2v) is 7.89. The lowest BCUT2D eigenvalue weighted by molar-refractivity contribution is 0.103. The van der Waals surface area contributed by atoms with Crippen LogP contribution in [-0.4, -0.2) is 29.8 Å². The van der Waals surface area contributed by atoms with E-state index in [1.165, 1.54) is 24.0 Å². The Bertz CT molecular complexity index is 1120. The quantitative estimate of drug-likeness (QED) is 0.385. The molecule has 0 amide bonds. The van der Waals surface area contributed by atoms with Crippen molar-refractivity contribution in [2.45, 2.75) is 39.0 Å². The van der Waals surface area contributed by atoms with Crippen LogP contribution in [0.4, 0.5) is 4.79 Å². The number of aryl methyl sites for hydroxylation is 2. The molecule has 1 aliphatic carbocycles. The van der Waals surface area contributed by atoms with E-state index in [0.717, 1.165) is 35.9 Å². The normalized spacial score (nSPS) is 13.6. The minimum absolute atomic E-state index is 0.116. The summed E-state index contributed by atoms with van der Waals surface area (Å²) in [6.45, 7) is 1.92. The van der Waals surface area contributed by atoms with E-state index in [-0.39, 0.29) is 17.9 Å². The third-order valence-corrected chi connectivity index (χ3v) is 6.15. The Kier molecular flexibility index (Phi) is 5.53. The number of carbonyl (C=O) groups is 1. The van der Waals surface area contributed by atoms with Gasteiger partial charge in [-0.2, -0.15) is 0 Å². The standard InChI is InChI=1S/C21H22N2O5S/c1-3-27-21(25)28-14-10-9-12(11-15(14)26-2)18-22-19(24)17-13-7-5-4-6-8-16(13)29-20(17)23-18/h9-11H,3-8H2,1-2H3,(H,22,23,24). The number of thiophene rings is 1. The van der Waals surface area contributed by atoms with E-state index in [9.17, 15) is 9.59 Å². The average molecular weight is 414 g/mol. The van der Waals surface area contributed by atoms with Crippen molar-refractivity contribution in [1.29, 1.82) is 0 Å². The summed E-state index contributed by atoms with van der Waals surface area (Å²) in [5, 5.41) is 0.727. The number of hydrogen-bond acceptors (Lipinski definition) is 7. The number of benzene rings is 1. The van der Waals surface area contributed by atoms with Crippen molar-refractivity contribution >= 4 is 27.7 Å². The van der Waals surface area contributed by atoms with Crippen molar-refractivity contribution in [2.75, 3.05) is 13.7 Å². The van der Waals surface area contributed by atoms with Crippen molar-refractivity contribution in [3.63, 3.8) is 0 Å². The maximum absolute atomic E-state index is 12.9. The van der Waals surface area contributed by atoms with E-state index in [1.54, 1.807) is 36.5 Å². The molecular weight excluding hydrogens is 392 g/mol. The molecule has 4 rings (SSSR count). The first-order chi connectivity index (χ1) is 14.1. The molecule has 3 aromatic rings. The van der Waals surface area contributed by atoms with E-state index >= 15 is 0 Å². The van der Waals surface area contributed by atoms with E-state index in [1.807, 2.05) is 0 Å². The molecule has 0 saturated heterocycles. The van der Waals surface area contributed by atoms with Gasteiger partial charge in [0, 0.05) is 10.4 Å². The number of aromatic amines is 1. The van der Waals surface area contributed by atoms with Gasteiger partial charge < -0.3 is 19.2 Å². The minimum atomic E-state index is -0.799. The van der Waals surface area contributed by atoms with Crippen LogP contribution in [0.1, 0.15) is 36.6 Å². The maximum Gasteiger partial charge on any atom is 0.513 e. The van der Waals surface area contributed by atoms with Crippen LogP contribution in [-0.2, 0) is 17.6 Å². The van der Waals surface area contributed by atoms with Gasteiger partial charge in [-0.1, -0.05) is 6.42 Å². The Morgan fingerprint density at radius 3 is 2.83 bits per heavy atom. The number of H-pyrrole nitrogens is 1. The molecule has 0 spiro atoms. The Morgan fingerprint density at radius 1 is 1.21 bits per heavy atom. The molecule has 0 unspecified atom stereocenters. The summed E-state index contributed by atoms with van der Waals surface area (Å²) in [6.07, 6.45) is 4.62. The number of rotatable bonds is 4. The molecule has 8 heteroatoms. The van der Waals surface area contributed by atoms with Crippen LogP contribution in [0.2, 0.25) is 0 Å². The zero-order valence-corrected chi connectivity index (χ0v) is 17.2. The van der Waals surface area contributed by atoms with Gasteiger partial charge in [-0.3, -0.25) is 4.79 Å². The van der Waals surface area contributed by atoms with Crippen molar-refractivity contribution in [2.24, 2.45) is 0 Å². The fourth-order valence-corrected chi connectivity index (χ4v) is 4.88. The molecule has 1 N–H and O–H groups in total. The smallest absolute Gasteiger partial charge is 0.493 e. The van der Waals surface area contributed by atoms with Crippen molar-refractivity contribution in [1.82, 2.24) is 9.97 Å². The van der Waals surface area contributed by atoms with Crippen LogP contribution in [0.15, 0.2) is 23.0 Å². The van der Waals surface area contributed by atoms with Gasteiger partial charge in [-0.25, -0.2) is 9.78 Å². The van der Waals surface area contributed by atoms with E-state index < -0.39 is 6.16 Å². The molecule has 0 atom stereocenters. The van der Waals surface area contributed by atoms with Gasteiger partial charge >= 0.3 is 6.16 Å². The predicted molar refractivity (Wildman–Crippen MR) is 111 cm³/mol. The average Bonchev–Trinajstić information content (AvgIpc) is 2.90. The van der Waals surface area contributed by atoms with Crippen LogP contribution >= 0.6 is 11.3 Å². The summed E-state index contributed by atoms with van der Waals surface area (Å²) in [6, 6.07) is 5.00. The van der Waals surface area contributed by atoms with Gasteiger partial charge in [0.1, 0.15) is 10.7 Å². The molecular formula is C21H22N2O5S. The summed E-state index contributed by atoms with van der Waals surface area (Å²) in [5.74, 6) is 1.04. The van der Waals surface area contributed by atoms with Crippen LogP contribution < -0.4 is 15.0 Å². The summed E-state index contributed by atoms with van der Waals surface area (Å²) < 4.78 is 15.3. The number of hydrogen-bond donors (Lipinski definition) is 1. The van der Waals surface area contributed by atoms with E-state index in [2.05, 4.69) is 4.98 Å². The fraction of sp³-hybridized carbons (Fsp3) is 0.381. The molecule has 1 aromatic carbocycles. The van der Waals surface area contributed by atoms with Gasteiger partial charge in [-0.15, -0.1) is 11.3 Å². The summed E-state index contributed by atoms with van der Waals surface area (Å²) in [4.78, 5) is 34.1. The molecule has 0 bridgehead atoms. The molecule has 2 aromatic heterocycles. The lowest BCUT2D eigenvalue weighted by atomic mass is 10.1. The molecule has 1 aliphatic rings. The second-order valence-electron chi connectivity index (χ2n) is 6.81. The highest BCUT2D eigenvalue weighted by Gasteiger charge is 2.20. The van der Waals surface area contributed by atoms with Gasteiger partial charge in [0.25, 0.3) is 5.56 Å². The van der Waals surface area contributed by atoms with Crippen molar-refractivity contribution in [3.8, 4) is 22.9 Å².